The minimum absolute atomic E-state index is 0.00342. The number of para-hydroxylation sites is 1. The minimum atomic E-state index is 0.00342. The average molecular weight is 384 g/mol. The molecule has 0 unspecified atom stereocenters. The lowest BCUT2D eigenvalue weighted by Gasteiger charge is -2.11. The van der Waals surface area contributed by atoms with Crippen molar-refractivity contribution in [1.82, 2.24) is 9.97 Å². The van der Waals surface area contributed by atoms with Gasteiger partial charge in [0.25, 0.3) is 0 Å². The fourth-order valence-electron chi connectivity index (χ4n) is 3.49. The van der Waals surface area contributed by atoms with Crippen LogP contribution in [0.25, 0.3) is 10.2 Å². The third-order valence-corrected chi connectivity index (χ3v) is 6.89. The highest BCUT2D eigenvalue weighted by Gasteiger charge is 2.22. The number of thiophene rings is 1. The molecule has 0 spiro atoms. The number of aryl methyl sites for hydroxylation is 5. The van der Waals surface area contributed by atoms with Crippen molar-refractivity contribution in [3.8, 4) is 0 Å². The van der Waals surface area contributed by atoms with Crippen LogP contribution in [0.5, 0.6) is 0 Å². The average Bonchev–Trinajstić information content (AvgIpc) is 3.16. The number of rotatable bonds is 4. The summed E-state index contributed by atoms with van der Waals surface area (Å²) in [7, 11) is 0. The molecule has 0 radical (unpaired) electrons. The van der Waals surface area contributed by atoms with Crippen LogP contribution in [0.15, 0.2) is 23.2 Å². The van der Waals surface area contributed by atoms with E-state index >= 15 is 0 Å². The summed E-state index contributed by atoms with van der Waals surface area (Å²) in [6, 6.07) is 6.04. The van der Waals surface area contributed by atoms with Crippen molar-refractivity contribution in [2.75, 3.05) is 11.1 Å². The van der Waals surface area contributed by atoms with E-state index in [4.69, 9.17) is 0 Å². The molecule has 4 rings (SSSR count). The molecule has 1 amide bonds. The maximum atomic E-state index is 12.5. The number of hydrogen-bond donors (Lipinski definition) is 1. The first-order valence-corrected chi connectivity index (χ1v) is 10.6. The Balaban J connectivity index is 1.55. The van der Waals surface area contributed by atoms with Gasteiger partial charge in [-0.3, -0.25) is 4.79 Å². The van der Waals surface area contributed by atoms with Gasteiger partial charge < -0.3 is 5.32 Å². The van der Waals surface area contributed by atoms with Gasteiger partial charge in [-0.15, -0.1) is 11.3 Å². The number of thioether (sulfide) groups is 1. The molecule has 134 valence electrons. The van der Waals surface area contributed by atoms with Crippen LogP contribution in [0.1, 0.15) is 33.8 Å². The van der Waals surface area contributed by atoms with E-state index in [-0.39, 0.29) is 5.91 Å². The lowest BCUT2D eigenvalue weighted by molar-refractivity contribution is -0.113. The highest BCUT2D eigenvalue weighted by molar-refractivity contribution is 8.00. The Kier molecular flexibility index (Phi) is 4.71. The van der Waals surface area contributed by atoms with E-state index in [0.29, 0.717) is 5.75 Å². The van der Waals surface area contributed by atoms with Gasteiger partial charge in [-0.2, -0.15) is 0 Å². The van der Waals surface area contributed by atoms with Crippen molar-refractivity contribution < 1.29 is 4.79 Å². The highest BCUT2D eigenvalue weighted by Crippen LogP contribution is 2.40. The topological polar surface area (TPSA) is 54.9 Å². The van der Waals surface area contributed by atoms with Crippen LogP contribution >= 0.6 is 23.1 Å². The molecule has 0 saturated heterocycles. The number of hydrogen-bond acceptors (Lipinski definition) is 5. The monoisotopic (exact) mass is 383 g/mol. The van der Waals surface area contributed by atoms with Crippen LogP contribution in [0.4, 0.5) is 5.69 Å². The Morgan fingerprint density at radius 3 is 2.73 bits per heavy atom. The molecule has 0 saturated carbocycles. The molecule has 26 heavy (non-hydrogen) atoms. The molecular weight excluding hydrogens is 362 g/mol. The van der Waals surface area contributed by atoms with Gasteiger partial charge in [0.2, 0.25) is 5.91 Å². The summed E-state index contributed by atoms with van der Waals surface area (Å²) in [5.74, 6) is 1.13. The van der Waals surface area contributed by atoms with Crippen molar-refractivity contribution in [3.05, 3.63) is 45.6 Å². The number of anilines is 1. The van der Waals surface area contributed by atoms with E-state index in [1.54, 1.807) is 11.3 Å². The number of benzene rings is 1. The summed E-state index contributed by atoms with van der Waals surface area (Å²) in [6.45, 7) is 5.95. The third kappa shape index (κ3) is 3.23. The standard InChI is InChI=1S/C20H21N3OS2/c1-11-6-4-7-12(2)18(11)23-16(24)10-25-19-17-14-8-5-9-15(14)26-20(17)22-13(3)21-19/h4,6-7H,5,8-10H2,1-3H3,(H,23,24). The first kappa shape index (κ1) is 17.5. The van der Waals surface area contributed by atoms with Crippen LogP contribution in [-0.4, -0.2) is 21.6 Å². The van der Waals surface area contributed by atoms with Crippen LogP contribution in [0, 0.1) is 20.8 Å². The van der Waals surface area contributed by atoms with Crippen molar-refractivity contribution in [3.63, 3.8) is 0 Å². The second-order valence-electron chi connectivity index (χ2n) is 6.72. The Morgan fingerprint density at radius 2 is 1.96 bits per heavy atom. The van der Waals surface area contributed by atoms with Crippen LogP contribution in [0.3, 0.4) is 0 Å². The largest absolute Gasteiger partial charge is 0.325 e. The number of amides is 1. The van der Waals surface area contributed by atoms with Gasteiger partial charge in [0, 0.05) is 16.0 Å². The SMILES string of the molecule is Cc1nc(SCC(=O)Nc2c(C)cccc2C)c2c3c(sc2n1)CCC3. The van der Waals surface area contributed by atoms with E-state index in [1.165, 1.54) is 34.0 Å². The quantitative estimate of drug-likeness (QED) is 0.517. The van der Waals surface area contributed by atoms with Crippen molar-refractivity contribution in [1.29, 1.82) is 0 Å². The zero-order valence-corrected chi connectivity index (χ0v) is 16.8. The van der Waals surface area contributed by atoms with Gasteiger partial charge in [0.15, 0.2) is 0 Å². The molecule has 0 atom stereocenters. The number of nitrogens with one attached hydrogen (secondary N) is 1. The van der Waals surface area contributed by atoms with Gasteiger partial charge in [-0.1, -0.05) is 30.0 Å². The molecule has 2 heterocycles. The molecule has 1 N–H and O–H groups in total. The number of carbonyl (C=O) groups excluding carboxylic acids is 1. The predicted molar refractivity (Wildman–Crippen MR) is 109 cm³/mol. The molecule has 0 fully saturated rings. The summed E-state index contributed by atoms with van der Waals surface area (Å²) in [5.41, 5.74) is 4.49. The van der Waals surface area contributed by atoms with Crippen molar-refractivity contribution >= 4 is 44.9 Å². The van der Waals surface area contributed by atoms with Gasteiger partial charge in [0.1, 0.15) is 15.7 Å². The van der Waals surface area contributed by atoms with Gasteiger partial charge in [-0.05, 0) is 56.7 Å². The molecule has 1 aliphatic rings. The minimum Gasteiger partial charge on any atom is -0.325 e. The summed E-state index contributed by atoms with van der Waals surface area (Å²) in [4.78, 5) is 24.3. The molecule has 1 aromatic carbocycles. The van der Waals surface area contributed by atoms with Crippen LogP contribution in [0.2, 0.25) is 0 Å². The van der Waals surface area contributed by atoms with E-state index in [1.807, 2.05) is 39.0 Å². The third-order valence-electron chi connectivity index (χ3n) is 4.73. The smallest absolute Gasteiger partial charge is 0.234 e. The summed E-state index contributed by atoms with van der Waals surface area (Å²) < 4.78 is 0. The van der Waals surface area contributed by atoms with E-state index in [9.17, 15) is 4.79 Å². The zero-order valence-electron chi connectivity index (χ0n) is 15.2. The van der Waals surface area contributed by atoms with Gasteiger partial charge >= 0.3 is 0 Å². The highest BCUT2D eigenvalue weighted by atomic mass is 32.2. The Hall–Kier alpha value is -1.92. The number of fused-ring (bicyclic) bond motifs is 3. The molecular formula is C20H21N3OS2. The van der Waals surface area contributed by atoms with Crippen LogP contribution < -0.4 is 5.32 Å². The van der Waals surface area contributed by atoms with E-state index in [0.717, 1.165) is 45.3 Å². The second kappa shape index (κ2) is 7.00. The Morgan fingerprint density at radius 1 is 1.19 bits per heavy atom. The maximum Gasteiger partial charge on any atom is 0.234 e. The molecule has 6 heteroatoms. The van der Waals surface area contributed by atoms with Gasteiger partial charge in [0.05, 0.1) is 5.75 Å². The maximum absolute atomic E-state index is 12.5. The number of nitrogens with zero attached hydrogens (tertiary/aromatic N) is 2. The first-order chi connectivity index (χ1) is 12.5. The first-order valence-electron chi connectivity index (χ1n) is 8.80. The van der Waals surface area contributed by atoms with E-state index < -0.39 is 0 Å². The molecule has 3 aromatic rings. The second-order valence-corrected chi connectivity index (χ2v) is 8.76. The van der Waals surface area contributed by atoms with Crippen molar-refractivity contribution in [2.24, 2.45) is 0 Å². The predicted octanol–water partition coefficient (Wildman–Crippen LogP) is 4.84. The Bertz CT molecular complexity index is 990. The fraction of sp³-hybridized carbons (Fsp3) is 0.350. The molecule has 0 bridgehead atoms. The summed E-state index contributed by atoms with van der Waals surface area (Å²) >= 11 is 3.31. The molecule has 0 aliphatic heterocycles. The van der Waals surface area contributed by atoms with Crippen LogP contribution in [-0.2, 0) is 17.6 Å². The van der Waals surface area contributed by atoms with Crippen molar-refractivity contribution in [2.45, 2.75) is 45.1 Å². The van der Waals surface area contributed by atoms with Gasteiger partial charge in [-0.25, -0.2) is 9.97 Å². The number of carbonyl (C=O) groups is 1. The molecule has 4 nitrogen and oxygen atoms in total. The molecule has 1 aliphatic carbocycles. The normalized spacial score (nSPS) is 13.2. The fourth-order valence-corrected chi connectivity index (χ4v) is 5.76. The lowest BCUT2D eigenvalue weighted by atomic mass is 10.1. The lowest BCUT2D eigenvalue weighted by Crippen LogP contribution is -2.16. The summed E-state index contributed by atoms with van der Waals surface area (Å²) in [5, 5.41) is 5.18. The molecule has 2 aromatic heterocycles. The zero-order chi connectivity index (χ0) is 18.3. The number of aromatic nitrogens is 2. The Labute approximate surface area is 161 Å². The van der Waals surface area contributed by atoms with E-state index in [2.05, 4.69) is 15.3 Å². The summed E-state index contributed by atoms with van der Waals surface area (Å²) in [6.07, 6.45) is 3.46.